The van der Waals surface area contributed by atoms with Crippen LogP contribution in [-0.2, 0) is 0 Å². The summed E-state index contributed by atoms with van der Waals surface area (Å²) in [7, 11) is 0. The van der Waals surface area contributed by atoms with E-state index in [2.05, 4.69) is 12.2 Å². The van der Waals surface area contributed by atoms with Gasteiger partial charge in [0.25, 0.3) is 0 Å². The summed E-state index contributed by atoms with van der Waals surface area (Å²) in [5.74, 6) is 0. The fourth-order valence-electron chi connectivity index (χ4n) is 2.97. The van der Waals surface area contributed by atoms with Crippen LogP contribution in [0.2, 0.25) is 0 Å². The van der Waals surface area contributed by atoms with Gasteiger partial charge in [0, 0.05) is 11.6 Å². The highest BCUT2D eigenvalue weighted by atomic mass is 15.1. The van der Waals surface area contributed by atoms with E-state index in [1.807, 2.05) is 0 Å². The van der Waals surface area contributed by atoms with E-state index in [1.54, 1.807) is 0 Å². The molecular formula is C11H21N. The van der Waals surface area contributed by atoms with Crippen LogP contribution in [0, 0.1) is 0 Å². The molecule has 2 fully saturated rings. The van der Waals surface area contributed by atoms with Crippen LogP contribution >= 0.6 is 0 Å². The van der Waals surface area contributed by atoms with Gasteiger partial charge < -0.3 is 5.32 Å². The Labute approximate surface area is 75.9 Å². The van der Waals surface area contributed by atoms with Crippen LogP contribution < -0.4 is 5.32 Å². The van der Waals surface area contributed by atoms with Gasteiger partial charge >= 0.3 is 0 Å². The lowest BCUT2D eigenvalue weighted by Crippen LogP contribution is -2.46. The lowest BCUT2D eigenvalue weighted by Gasteiger charge is -2.34. The summed E-state index contributed by atoms with van der Waals surface area (Å²) in [6, 6.07) is 0.885. The van der Waals surface area contributed by atoms with E-state index in [0.717, 1.165) is 6.04 Å². The number of hydrogen-bond acceptors (Lipinski definition) is 1. The Morgan fingerprint density at radius 3 is 3.08 bits per heavy atom. The van der Waals surface area contributed by atoms with E-state index >= 15 is 0 Å². The second-order valence-corrected chi connectivity index (χ2v) is 4.66. The quantitative estimate of drug-likeness (QED) is 0.681. The molecule has 0 aromatic carbocycles. The van der Waals surface area contributed by atoms with E-state index in [1.165, 1.54) is 51.4 Å². The van der Waals surface area contributed by atoms with E-state index in [4.69, 9.17) is 0 Å². The molecule has 2 atom stereocenters. The molecule has 2 rings (SSSR count). The number of hydrogen-bond donors (Lipinski definition) is 1. The molecule has 0 spiro atoms. The van der Waals surface area contributed by atoms with Crippen molar-refractivity contribution in [2.75, 3.05) is 0 Å². The molecule has 12 heavy (non-hydrogen) atoms. The van der Waals surface area contributed by atoms with Crippen molar-refractivity contribution in [2.45, 2.75) is 69.9 Å². The Morgan fingerprint density at radius 1 is 1.33 bits per heavy atom. The number of nitrogens with one attached hydrogen (secondary N) is 1. The average Bonchev–Trinajstić information content (AvgIpc) is 2.40. The molecule has 0 aromatic heterocycles. The molecule has 2 unspecified atom stereocenters. The summed E-state index contributed by atoms with van der Waals surface area (Å²) in [5.41, 5.74) is 0.596. The average molecular weight is 167 g/mol. The molecule has 2 heterocycles. The zero-order chi connectivity index (χ0) is 8.44. The molecule has 2 aliphatic heterocycles. The summed E-state index contributed by atoms with van der Waals surface area (Å²) in [6.45, 7) is 2.30. The van der Waals surface area contributed by atoms with Gasteiger partial charge in [-0.15, -0.1) is 0 Å². The lowest BCUT2D eigenvalue weighted by molar-refractivity contribution is 0.253. The normalized spacial score (nSPS) is 40.2. The zero-order valence-corrected chi connectivity index (χ0v) is 8.23. The summed E-state index contributed by atoms with van der Waals surface area (Å²) in [5, 5.41) is 3.84. The first-order valence-electron chi connectivity index (χ1n) is 5.62. The summed E-state index contributed by atoms with van der Waals surface area (Å²) in [4.78, 5) is 0. The van der Waals surface area contributed by atoms with Crippen molar-refractivity contribution in [1.82, 2.24) is 5.32 Å². The maximum absolute atomic E-state index is 3.84. The van der Waals surface area contributed by atoms with Crippen molar-refractivity contribution >= 4 is 0 Å². The standard InChI is InChI=1S/C11H21N/c1-2-3-7-11-8-4-5-10(12-11)6-9-11/h10,12H,2-9H2,1H3. The highest BCUT2D eigenvalue weighted by Crippen LogP contribution is 2.38. The smallest absolute Gasteiger partial charge is 0.0184 e. The van der Waals surface area contributed by atoms with E-state index < -0.39 is 0 Å². The summed E-state index contributed by atoms with van der Waals surface area (Å²) in [6.07, 6.45) is 11.5. The van der Waals surface area contributed by atoms with Gasteiger partial charge in [-0.25, -0.2) is 0 Å². The predicted octanol–water partition coefficient (Wildman–Crippen LogP) is 2.85. The molecule has 0 radical (unpaired) electrons. The van der Waals surface area contributed by atoms with E-state index in [9.17, 15) is 0 Å². The second-order valence-electron chi connectivity index (χ2n) is 4.66. The maximum Gasteiger partial charge on any atom is 0.0184 e. The fourth-order valence-corrected chi connectivity index (χ4v) is 2.97. The van der Waals surface area contributed by atoms with Gasteiger partial charge in [-0.3, -0.25) is 0 Å². The first-order valence-corrected chi connectivity index (χ1v) is 5.62. The van der Waals surface area contributed by atoms with Crippen LogP contribution in [0.4, 0.5) is 0 Å². The van der Waals surface area contributed by atoms with Gasteiger partial charge in [0.15, 0.2) is 0 Å². The third-order valence-electron chi connectivity index (χ3n) is 3.70. The van der Waals surface area contributed by atoms with Crippen molar-refractivity contribution in [3.63, 3.8) is 0 Å². The van der Waals surface area contributed by atoms with Crippen molar-refractivity contribution in [3.05, 3.63) is 0 Å². The third-order valence-corrected chi connectivity index (χ3v) is 3.70. The Kier molecular flexibility index (Phi) is 2.40. The van der Waals surface area contributed by atoms with E-state index in [-0.39, 0.29) is 0 Å². The highest BCUT2D eigenvalue weighted by molar-refractivity contribution is 5.00. The molecule has 2 aliphatic rings. The highest BCUT2D eigenvalue weighted by Gasteiger charge is 2.40. The molecule has 1 N–H and O–H groups in total. The van der Waals surface area contributed by atoms with Crippen LogP contribution in [0.3, 0.4) is 0 Å². The Morgan fingerprint density at radius 2 is 2.25 bits per heavy atom. The van der Waals surface area contributed by atoms with Gasteiger partial charge in [0.05, 0.1) is 0 Å². The number of piperidine rings is 1. The lowest BCUT2D eigenvalue weighted by atomic mass is 9.86. The fraction of sp³-hybridized carbons (Fsp3) is 1.00. The minimum absolute atomic E-state index is 0.596. The first kappa shape index (κ1) is 8.55. The third kappa shape index (κ3) is 1.52. The Balaban J connectivity index is 1.91. The van der Waals surface area contributed by atoms with Gasteiger partial charge in [-0.1, -0.05) is 26.2 Å². The monoisotopic (exact) mass is 167 g/mol. The van der Waals surface area contributed by atoms with Crippen LogP contribution in [0.25, 0.3) is 0 Å². The number of fused-ring (bicyclic) bond motifs is 2. The van der Waals surface area contributed by atoms with Gasteiger partial charge in [0.2, 0.25) is 0 Å². The molecule has 2 saturated heterocycles. The van der Waals surface area contributed by atoms with Crippen LogP contribution in [0.15, 0.2) is 0 Å². The SMILES string of the molecule is CCCCC12CCCC(CC1)N2. The largest absolute Gasteiger partial charge is 0.308 e. The molecule has 0 aromatic rings. The minimum Gasteiger partial charge on any atom is -0.308 e. The molecule has 1 heteroatoms. The van der Waals surface area contributed by atoms with Crippen molar-refractivity contribution in [2.24, 2.45) is 0 Å². The zero-order valence-electron chi connectivity index (χ0n) is 8.23. The van der Waals surface area contributed by atoms with Gasteiger partial charge in [-0.2, -0.15) is 0 Å². The Bertz CT molecular complexity index is 151. The van der Waals surface area contributed by atoms with Crippen LogP contribution in [0.5, 0.6) is 0 Å². The molecule has 0 aliphatic carbocycles. The molecule has 1 nitrogen and oxygen atoms in total. The Hall–Kier alpha value is -0.0400. The maximum atomic E-state index is 3.84. The molecular weight excluding hydrogens is 146 g/mol. The van der Waals surface area contributed by atoms with Crippen molar-refractivity contribution < 1.29 is 0 Å². The molecule has 2 bridgehead atoms. The first-order chi connectivity index (χ1) is 5.85. The minimum atomic E-state index is 0.596. The molecule has 70 valence electrons. The van der Waals surface area contributed by atoms with Crippen molar-refractivity contribution in [1.29, 1.82) is 0 Å². The summed E-state index contributed by atoms with van der Waals surface area (Å²) >= 11 is 0. The number of rotatable bonds is 3. The van der Waals surface area contributed by atoms with Crippen molar-refractivity contribution in [3.8, 4) is 0 Å². The number of unbranched alkanes of at least 4 members (excludes halogenated alkanes) is 1. The van der Waals surface area contributed by atoms with Crippen LogP contribution in [0.1, 0.15) is 58.3 Å². The topological polar surface area (TPSA) is 12.0 Å². The van der Waals surface area contributed by atoms with Gasteiger partial charge in [-0.05, 0) is 32.1 Å². The summed E-state index contributed by atoms with van der Waals surface area (Å²) < 4.78 is 0. The molecule has 0 saturated carbocycles. The predicted molar refractivity (Wildman–Crippen MR) is 52.3 cm³/mol. The van der Waals surface area contributed by atoms with E-state index in [0.29, 0.717) is 5.54 Å². The second kappa shape index (κ2) is 3.37. The molecule has 0 amide bonds. The van der Waals surface area contributed by atoms with Gasteiger partial charge in [0.1, 0.15) is 0 Å². The van der Waals surface area contributed by atoms with Crippen LogP contribution in [-0.4, -0.2) is 11.6 Å².